The number of unbranched alkanes of at least 4 members (excludes halogenated alkanes) is 3. The van der Waals surface area contributed by atoms with Crippen LogP contribution in [0.15, 0.2) is 48.5 Å². The first-order chi connectivity index (χ1) is 9.78. The second-order valence-electron chi connectivity index (χ2n) is 5.01. The van der Waals surface area contributed by atoms with Crippen molar-refractivity contribution in [2.75, 3.05) is 0 Å². The third-order valence-electron chi connectivity index (χ3n) is 3.27. The van der Waals surface area contributed by atoms with Crippen LogP contribution in [0.5, 0.6) is 11.5 Å². The van der Waals surface area contributed by atoms with Crippen LogP contribution in [-0.4, -0.2) is 0 Å². The number of benzene rings is 2. The molecule has 1 nitrogen and oxygen atoms in total. The highest BCUT2D eigenvalue weighted by Crippen LogP contribution is 2.22. The Morgan fingerprint density at radius 2 is 1.70 bits per heavy atom. The van der Waals surface area contributed by atoms with Crippen molar-refractivity contribution >= 4 is 0 Å². The molecule has 20 heavy (non-hydrogen) atoms. The van der Waals surface area contributed by atoms with Crippen LogP contribution >= 0.6 is 0 Å². The molecule has 106 valence electrons. The van der Waals surface area contributed by atoms with Crippen molar-refractivity contribution < 1.29 is 9.13 Å². The van der Waals surface area contributed by atoms with E-state index in [9.17, 15) is 4.39 Å². The number of ether oxygens (including phenoxy) is 1. The van der Waals surface area contributed by atoms with Crippen LogP contribution in [-0.2, 0) is 6.42 Å². The molecule has 0 N–H and O–H groups in total. The lowest BCUT2D eigenvalue weighted by molar-refractivity contribution is 0.476. The second kappa shape index (κ2) is 7.68. The fourth-order valence-corrected chi connectivity index (χ4v) is 2.15. The van der Waals surface area contributed by atoms with Gasteiger partial charge in [-0.25, -0.2) is 4.39 Å². The fraction of sp³-hybridized carbons (Fsp3) is 0.333. The molecule has 0 unspecified atom stereocenters. The lowest BCUT2D eigenvalue weighted by Gasteiger charge is -2.07. The summed E-state index contributed by atoms with van der Waals surface area (Å²) in [6.07, 6.45) is 6.21. The van der Waals surface area contributed by atoms with Gasteiger partial charge in [0.05, 0.1) is 0 Å². The smallest absolute Gasteiger partial charge is 0.130 e. The molecular weight excluding hydrogens is 251 g/mol. The maximum Gasteiger partial charge on any atom is 0.130 e. The highest BCUT2D eigenvalue weighted by molar-refractivity contribution is 5.33. The quantitative estimate of drug-likeness (QED) is 0.584. The van der Waals surface area contributed by atoms with E-state index >= 15 is 0 Å². The monoisotopic (exact) mass is 272 g/mol. The number of halogens is 1. The Kier molecular flexibility index (Phi) is 5.60. The Labute approximate surface area is 120 Å². The second-order valence-corrected chi connectivity index (χ2v) is 5.01. The van der Waals surface area contributed by atoms with Crippen molar-refractivity contribution in [3.8, 4) is 11.5 Å². The Bertz CT molecular complexity index is 519. The number of hydrogen-bond acceptors (Lipinski definition) is 1. The number of hydrogen-bond donors (Lipinski definition) is 0. The first kappa shape index (κ1) is 14.6. The number of rotatable bonds is 7. The topological polar surface area (TPSA) is 9.23 Å². The third kappa shape index (κ3) is 4.69. The average Bonchev–Trinajstić information content (AvgIpc) is 2.45. The highest BCUT2D eigenvalue weighted by atomic mass is 19.1. The largest absolute Gasteiger partial charge is 0.457 e. The Hall–Kier alpha value is -1.83. The summed E-state index contributed by atoms with van der Waals surface area (Å²) < 4.78 is 18.7. The summed E-state index contributed by atoms with van der Waals surface area (Å²) in [4.78, 5) is 0. The van der Waals surface area contributed by atoms with Gasteiger partial charge in [-0.3, -0.25) is 0 Å². The molecule has 0 aliphatic carbocycles. The molecule has 0 heterocycles. The molecule has 2 aromatic rings. The molecule has 0 aromatic heterocycles. The van der Waals surface area contributed by atoms with E-state index in [0.717, 1.165) is 12.2 Å². The molecule has 0 amide bonds. The Morgan fingerprint density at radius 3 is 2.40 bits per heavy atom. The van der Waals surface area contributed by atoms with Gasteiger partial charge in [0, 0.05) is 6.07 Å². The Balaban J connectivity index is 1.88. The average molecular weight is 272 g/mol. The lowest BCUT2D eigenvalue weighted by atomic mass is 10.1. The molecule has 0 spiro atoms. The molecule has 0 aliphatic heterocycles. The van der Waals surface area contributed by atoms with Crippen LogP contribution < -0.4 is 4.74 Å². The van der Waals surface area contributed by atoms with Crippen LogP contribution in [0.4, 0.5) is 4.39 Å². The zero-order valence-electron chi connectivity index (χ0n) is 11.9. The normalized spacial score (nSPS) is 10.5. The van der Waals surface area contributed by atoms with E-state index in [1.54, 1.807) is 12.1 Å². The molecular formula is C18H21FO. The molecule has 0 aliphatic rings. The molecule has 0 bridgehead atoms. The zero-order valence-corrected chi connectivity index (χ0v) is 11.9. The van der Waals surface area contributed by atoms with E-state index in [-0.39, 0.29) is 5.82 Å². The molecule has 0 atom stereocenters. The van der Waals surface area contributed by atoms with Crippen molar-refractivity contribution in [2.24, 2.45) is 0 Å². The lowest BCUT2D eigenvalue weighted by Crippen LogP contribution is -1.88. The van der Waals surface area contributed by atoms with Gasteiger partial charge in [-0.15, -0.1) is 0 Å². The van der Waals surface area contributed by atoms with Gasteiger partial charge in [0.1, 0.15) is 17.3 Å². The van der Waals surface area contributed by atoms with Gasteiger partial charge in [0.25, 0.3) is 0 Å². The van der Waals surface area contributed by atoms with Crippen molar-refractivity contribution in [3.63, 3.8) is 0 Å². The Morgan fingerprint density at radius 1 is 0.900 bits per heavy atom. The summed E-state index contributed by atoms with van der Waals surface area (Å²) >= 11 is 0. The molecule has 2 heteroatoms. The van der Waals surface area contributed by atoms with Gasteiger partial charge < -0.3 is 4.74 Å². The summed E-state index contributed by atoms with van der Waals surface area (Å²) in [6.45, 7) is 2.22. The van der Waals surface area contributed by atoms with E-state index in [1.165, 1.54) is 43.4 Å². The predicted molar refractivity (Wildman–Crippen MR) is 80.8 cm³/mol. The highest BCUT2D eigenvalue weighted by Gasteiger charge is 1.99. The van der Waals surface area contributed by atoms with Crippen LogP contribution in [0.3, 0.4) is 0 Å². The maximum atomic E-state index is 13.1. The first-order valence-corrected chi connectivity index (χ1v) is 7.30. The van der Waals surface area contributed by atoms with E-state index in [1.807, 2.05) is 12.1 Å². The van der Waals surface area contributed by atoms with Gasteiger partial charge in [0.15, 0.2) is 0 Å². The van der Waals surface area contributed by atoms with Crippen LogP contribution in [0.2, 0.25) is 0 Å². The first-order valence-electron chi connectivity index (χ1n) is 7.30. The van der Waals surface area contributed by atoms with Gasteiger partial charge in [0.2, 0.25) is 0 Å². The van der Waals surface area contributed by atoms with Crippen LogP contribution in [0.25, 0.3) is 0 Å². The standard InChI is InChI=1S/C18H21FO/c1-2-3-4-5-7-15-10-12-17(13-11-15)20-18-9-6-8-16(19)14-18/h6,8-14H,2-5,7H2,1H3. The summed E-state index contributed by atoms with van der Waals surface area (Å²) in [6, 6.07) is 14.3. The molecule has 2 aromatic carbocycles. The summed E-state index contributed by atoms with van der Waals surface area (Å²) in [5.74, 6) is 0.989. The van der Waals surface area contributed by atoms with Gasteiger partial charge in [-0.2, -0.15) is 0 Å². The van der Waals surface area contributed by atoms with Crippen molar-refractivity contribution in [1.29, 1.82) is 0 Å². The van der Waals surface area contributed by atoms with E-state index in [0.29, 0.717) is 5.75 Å². The summed E-state index contributed by atoms with van der Waals surface area (Å²) in [5.41, 5.74) is 1.33. The van der Waals surface area contributed by atoms with Crippen LogP contribution in [0, 0.1) is 5.82 Å². The van der Waals surface area contributed by atoms with Gasteiger partial charge in [-0.1, -0.05) is 44.4 Å². The molecule has 0 saturated heterocycles. The number of aryl methyl sites for hydroxylation is 1. The van der Waals surface area contributed by atoms with Crippen molar-refractivity contribution in [3.05, 3.63) is 59.9 Å². The van der Waals surface area contributed by atoms with Gasteiger partial charge >= 0.3 is 0 Å². The molecule has 0 saturated carbocycles. The van der Waals surface area contributed by atoms with E-state index in [4.69, 9.17) is 4.74 Å². The SMILES string of the molecule is CCCCCCc1ccc(Oc2cccc(F)c2)cc1. The van der Waals surface area contributed by atoms with Crippen molar-refractivity contribution in [2.45, 2.75) is 39.0 Å². The summed E-state index contributed by atoms with van der Waals surface area (Å²) in [7, 11) is 0. The minimum absolute atomic E-state index is 0.282. The zero-order chi connectivity index (χ0) is 14.2. The minimum atomic E-state index is -0.282. The molecule has 0 radical (unpaired) electrons. The van der Waals surface area contributed by atoms with Gasteiger partial charge in [-0.05, 0) is 42.7 Å². The van der Waals surface area contributed by atoms with Crippen LogP contribution in [0.1, 0.15) is 38.2 Å². The molecule has 2 rings (SSSR count). The fourth-order valence-electron chi connectivity index (χ4n) is 2.15. The van der Waals surface area contributed by atoms with Crippen molar-refractivity contribution in [1.82, 2.24) is 0 Å². The predicted octanol–water partition coefficient (Wildman–Crippen LogP) is 5.74. The van der Waals surface area contributed by atoms with E-state index < -0.39 is 0 Å². The van der Waals surface area contributed by atoms with E-state index in [2.05, 4.69) is 19.1 Å². The molecule has 0 fully saturated rings. The maximum absolute atomic E-state index is 13.1. The third-order valence-corrected chi connectivity index (χ3v) is 3.27. The minimum Gasteiger partial charge on any atom is -0.457 e. The summed E-state index contributed by atoms with van der Waals surface area (Å²) in [5, 5.41) is 0.